The quantitative estimate of drug-likeness (QED) is 0.863. The molecule has 1 aromatic heterocycles. The maximum Gasteiger partial charge on any atom is 0.251 e. The van der Waals surface area contributed by atoms with Crippen molar-refractivity contribution in [1.29, 1.82) is 0 Å². The topological polar surface area (TPSA) is 45.8 Å². The van der Waals surface area contributed by atoms with Gasteiger partial charge in [0.1, 0.15) is 5.82 Å². The molecular formula is C14H14Cl2N2O. The number of hydrogen-bond acceptors (Lipinski definition) is 2. The molecule has 2 rings (SSSR count). The van der Waals surface area contributed by atoms with Crippen molar-refractivity contribution >= 4 is 23.2 Å². The van der Waals surface area contributed by atoms with E-state index in [0.717, 1.165) is 5.56 Å². The van der Waals surface area contributed by atoms with Crippen LogP contribution in [0.4, 0.5) is 0 Å². The second-order valence-electron chi connectivity index (χ2n) is 5.36. The van der Waals surface area contributed by atoms with Crippen LogP contribution in [-0.2, 0) is 5.41 Å². The van der Waals surface area contributed by atoms with Crippen molar-refractivity contribution in [3.05, 3.63) is 50.5 Å². The van der Waals surface area contributed by atoms with Gasteiger partial charge < -0.3 is 4.98 Å². The minimum atomic E-state index is -0.231. The van der Waals surface area contributed by atoms with Crippen molar-refractivity contribution < 1.29 is 0 Å². The Kier molecular flexibility index (Phi) is 3.70. The van der Waals surface area contributed by atoms with Gasteiger partial charge in [0.25, 0.3) is 5.56 Å². The summed E-state index contributed by atoms with van der Waals surface area (Å²) < 4.78 is 0. The maximum absolute atomic E-state index is 11.7. The second-order valence-corrected chi connectivity index (χ2v) is 6.17. The molecule has 0 saturated heterocycles. The molecular weight excluding hydrogens is 283 g/mol. The SMILES string of the molecule is CC(C)(C)c1nc(-c2ccc(Cl)c(Cl)c2)cc(=O)[nH]1. The van der Waals surface area contributed by atoms with Crippen molar-refractivity contribution in [1.82, 2.24) is 9.97 Å². The summed E-state index contributed by atoms with van der Waals surface area (Å²) in [5.41, 5.74) is 0.949. The molecule has 0 radical (unpaired) electrons. The van der Waals surface area contributed by atoms with Crippen LogP contribution >= 0.6 is 23.2 Å². The van der Waals surface area contributed by atoms with E-state index in [9.17, 15) is 4.79 Å². The van der Waals surface area contributed by atoms with Crippen LogP contribution in [0, 0.1) is 0 Å². The van der Waals surface area contributed by atoms with Crippen LogP contribution < -0.4 is 5.56 Å². The number of nitrogens with zero attached hydrogens (tertiary/aromatic N) is 1. The standard InChI is InChI=1S/C14H14Cl2N2O/c1-14(2,3)13-17-11(7-12(19)18-13)8-4-5-9(15)10(16)6-8/h4-7H,1-3H3,(H,17,18,19). The summed E-state index contributed by atoms with van der Waals surface area (Å²) in [7, 11) is 0. The number of H-pyrrole nitrogens is 1. The molecule has 0 spiro atoms. The lowest BCUT2D eigenvalue weighted by atomic mass is 9.95. The molecule has 0 saturated carbocycles. The average Bonchev–Trinajstić information content (AvgIpc) is 2.31. The third-order valence-corrected chi connectivity index (χ3v) is 3.41. The predicted molar refractivity (Wildman–Crippen MR) is 79.0 cm³/mol. The summed E-state index contributed by atoms with van der Waals surface area (Å²) in [6, 6.07) is 6.65. The van der Waals surface area contributed by atoms with Gasteiger partial charge in [-0.15, -0.1) is 0 Å². The zero-order valence-corrected chi connectivity index (χ0v) is 12.4. The first-order valence-corrected chi connectivity index (χ1v) is 6.60. The Bertz CT molecular complexity index is 672. The van der Waals surface area contributed by atoms with E-state index in [1.807, 2.05) is 20.8 Å². The van der Waals surface area contributed by atoms with E-state index >= 15 is 0 Å². The third-order valence-electron chi connectivity index (χ3n) is 2.67. The first-order chi connectivity index (χ1) is 8.77. The van der Waals surface area contributed by atoms with E-state index in [0.29, 0.717) is 21.6 Å². The van der Waals surface area contributed by atoms with Crippen LogP contribution in [0.3, 0.4) is 0 Å². The Labute approximate surface area is 121 Å². The number of aromatic amines is 1. The van der Waals surface area contributed by atoms with Crippen molar-refractivity contribution in [2.45, 2.75) is 26.2 Å². The smallest absolute Gasteiger partial charge is 0.251 e. The Morgan fingerprint density at radius 2 is 1.79 bits per heavy atom. The summed E-state index contributed by atoms with van der Waals surface area (Å²) in [6.07, 6.45) is 0. The van der Waals surface area contributed by atoms with Gasteiger partial charge >= 0.3 is 0 Å². The van der Waals surface area contributed by atoms with Crippen LogP contribution in [-0.4, -0.2) is 9.97 Å². The van der Waals surface area contributed by atoms with Crippen LogP contribution in [0.1, 0.15) is 26.6 Å². The predicted octanol–water partition coefficient (Wildman–Crippen LogP) is 4.04. The van der Waals surface area contributed by atoms with E-state index in [-0.39, 0.29) is 11.0 Å². The fourth-order valence-corrected chi connectivity index (χ4v) is 1.91. The Hall–Kier alpha value is -1.32. The van der Waals surface area contributed by atoms with Crippen LogP contribution in [0.25, 0.3) is 11.3 Å². The number of rotatable bonds is 1. The van der Waals surface area contributed by atoms with Crippen LogP contribution in [0.5, 0.6) is 0 Å². The van der Waals surface area contributed by atoms with E-state index in [1.165, 1.54) is 6.07 Å². The molecule has 1 aromatic carbocycles. The largest absolute Gasteiger partial charge is 0.310 e. The highest BCUT2D eigenvalue weighted by molar-refractivity contribution is 6.42. The zero-order chi connectivity index (χ0) is 14.2. The van der Waals surface area contributed by atoms with Crippen molar-refractivity contribution in [3.8, 4) is 11.3 Å². The third kappa shape index (κ3) is 3.17. The molecule has 0 aliphatic heterocycles. The van der Waals surface area contributed by atoms with E-state index < -0.39 is 0 Å². The molecule has 0 bridgehead atoms. The number of nitrogens with one attached hydrogen (secondary N) is 1. The van der Waals surface area contributed by atoms with Gasteiger partial charge in [0.15, 0.2) is 0 Å². The summed E-state index contributed by atoms with van der Waals surface area (Å²) in [6.45, 7) is 5.97. The molecule has 19 heavy (non-hydrogen) atoms. The summed E-state index contributed by atoms with van der Waals surface area (Å²) >= 11 is 11.9. The van der Waals surface area contributed by atoms with Gasteiger partial charge in [-0.3, -0.25) is 4.79 Å². The van der Waals surface area contributed by atoms with E-state index in [1.54, 1.807) is 18.2 Å². The fraction of sp³-hybridized carbons (Fsp3) is 0.286. The van der Waals surface area contributed by atoms with Gasteiger partial charge in [-0.1, -0.05) is 50.0 Å². The van der Waals surface area contributed by atoms with Crippen molar-refractivity contribution in [3.63, 3.8) is 0 Å². The average molecular weight is 297 g/mol. The highest BCUT2D eigenvalue weighted by Gasteiger charge is 2.18. The number of aromatic nitrogens is 2. The molecule has 0 amide bonds. The molecule has 0 aliphatic rings. The molecule has 1 heterocycles. The summed E-state index contributed by atoms with van der Waals surface area (Å²) in [5, 5.41) is 0.921. The summed E-state index contributed by atoms with van der Waals surface area (Å²) in [4.78, 5) is 19.0. The first-order valence-electron chi connectivity index (χ1n) is 5.84. The van der Waals surface area contributed by atoms with Crippen molar-refractivity contribution in [2.24, 2.45) is 0 Å². The number of halogens is 2. The minimum Gasteiger partial charge on any atom is -0.310 e. The van der Waals surface area contributed by atoms with Crippen molar-refractivity contribution in [2.75, 3.05) is 0 Å². The molecule has 0 unspecified atom stereocenters. The summed E-state index contributed by atoms with van der Waals surface area (Å²) in [5.74, 6) is 0.640. The van der Waals surface area contributed by atoms with E-state index in [2.05, 4.69) is 9.97 Å². The van der Waals surface area contributed by atoms with Gasteiger partial charge in [-0.05, 0) is 12.1 Å². The molecule has 5 heteroatoms. The Balaban J connectivity index is 2.59. The molecule has 0 aliphatic carbocycles. The van der Waals surface area contributed by atoms with Crippen LogP contribution in [0.15, 0.2) is 29.1 Å². The lowest BCUT2D eigenvalue weighted by Crippen LogP contribution is -2.21. The second kappa shape index (κ2) is 4.99. The number of hydrogen-bond donors (Lipinski definition) is 1. The zero-order valence-electron chi connectivity index (χ0n) is 10.9. The van der Waals surface area contributed by atoms with Crippen LogP contribution in [0.2, 0.25) is 10.0 Å². The van der Waals surface area contributed by atoms with Gasteiger partial charge in [0, 0.05) is 17.0 Å². The normalized spacial score (nSPS) is 11.6. The highest BCUT2D eigenvalue weighted by atomic mass is 35.5. The van der Waals surface area contributed by atoms with Gasteiger partial charge in [-0.2, -0.15) is 0 Å². The lowest BCUT2D eigenvalue weighted by molar-refractivity contribution is 0.543. The fourth-order valence-electron chi connectivity index (χ4n) is 1.62. The monoisotopic (exact) mass is 296 g/mol. The molecule has 100 valence electrons. The Morgan fingerprint density at radius 3 is 2.37 bits per heavy atom. The molecule has 3 nitrogen and oxygen atoms in total. The number of benzene rings is 1. The van der Waals surface area contributed by atoms with Gasteiger partial charge in [0.2, 0.25) is 0 Å². The van der Waals surface area contributed by atoms with E-state index in [4.69, 9.17) is 23.2 Å². The van der Waals surface area contributed by atoms with Gasteiger partial charge in [0.05, 0.1) is 15.7 Å². The maximum atomic E-state index is 11.7. The minimum absolute atomic E-state index is 0.180. The highest BCUT2D eigenvalue weighted by Crippen LogP contribution is 2.28. The molecule has 1 N–H and O–H groups in total. The first kappa shape index (κ1) is 14.1. The Morgan fingerprint density at radius 1 is 1.11 bits per heavy atom. The lowest BCUT2D eigenvalue weighted by Gasteiger charge is -2.17. The molecule has 0 atom stereocenters. The molecule has 2 aromatic rings. The van der Waals surface area contributed by atoms with Gasteiger partial charge in [-0.25, -0.2) is 4.98 Å². The molecule has 0 fully saturated rings.